The van der Waals surface area contributed by atoms with E-state index in [1.807, 2.05) is 0 Å². The number of amides is 4. The van der Waals surface area contributed by atoms with Crippen LogP contribution >= 0.6 is 0 Å². The number of ether oxygens (including phenoxy) is 2. The van der Waals surface area contributed by atoms with Gasteiger partial charge in [0, 0.05) is 23.3 Å². The van der Waals surface area contributed by atoms with Crippen molar-refractivity contribution in [2.24, 2.45) is 5.92 Å². The van der Waals surface area contributed by atoms with Gasteiger partial charge in [-0.05, 0) is 97.3 Å². The van der Waals surface area contributed by atoms with Crippen LogP contribution in [0.25, 0.3) is 10.9 Å². The number of fused-ring (bicyclic) bond motifs is 5. The number of benzene rings is 1. The number of allylic oxidation sites excluding steroid dienone is 1. The zero-order valence-electron chi connectivity index (χ0n) is 33.5. The summed E-state index contributed by atoms with van der Waals surface area (Å²) in [4.78, 5) is 62.1. The second-order valence-electron chi connectivity index (χ2n) is 17.5. The molecule has 1 spiro atoms. The van der Waals surface area contributed by atoms with Gasteiger partial charge in [-0.25, -0.2) is 18.2 Å². The zero-order valence-corrected chi connectivity index (χ0v) is 34.4. The number of alkyl halides is 5. The van der Waals surface area contributed by atoms with E-state index in [1.165, 1.54) is 25.1 Å². The number of hydrogen-bond donors (Lipinski definition) is 3. The number of aromatic nitrogens is 1. The van der Waals surface area contributed by atoms with Gasteiger partial charge >= 0.3 is 18.9 Å². The molecule has 1 aromatic heterocycles. The Labute approximate surface area is 343 Å². The fraction of sp³-hybridized carbons (Fsp3) is 0.625. The molecule has 5 aliphatic rings. The highest BCUT2D eigenvalue weighted by Crippen LogP contribution is 2.49. The lowest BCUT2D eigenvalue weighted by atomic mass is 9.87. The molecular weight excluding hydrogens is 822 g/mol. The van der Waals surface area contributed by atoms with Gasteiger partial charge in [0.1, 0.15) is 40.3 Å². The molecule has 14 nitrogen and oxygen atoms in total. The van der Waals surface area contributed by atoms with Crippen LogP contribution in [0, 0.1) is 12.8 Å². The van der Waals surface area contributed by atoms with E-state index >= 15 is 0 Å². The minimum Gasteiger partial charge on any atom is -0.483 e. The number of pyridine rings is 1. The van der Waals surface area contributed by atoms with Gasteiger partial charge in [0.05, 0.1) is 22.5 Å². The fourth-order valence-corrected chi connectivity index (χ4v) is 10.1. The van der Waals surface area contributed by atoms with E-state index in [-0.39, 0.29) is 61.5 Å². The number of halogens is 5. The van der Waals surface area contributed by atoms with Crippen LogP contribution in [0.5, 0.6) is 11.5 Å². The summed E-state index contributed by atoms with van der Waals surface area (Å²) in [7, 11) is -4.15. The van der Waals surface area contributed by atoms with Gasteiger partial charge in [-0.15, -0.1) is 0 Å². The summed E-state index contributed by atoms with van der Waals surface area (Å²) in [6, 6.07) is 0.822. The quantitative estimate of drug-likeness (QED) is 0.224. The van der Waals surface area contributed by atoms with Crippen molar-refractivity contribution in [1.29, 1.82) is 0 Å². The Morgan fingerprint density at radius 2 is 1.83 bits per heavy atom. The SMILES string of the molecule is Cc1nc2ccc(OC(F)F)cc2c2c1O[C@]1(CC2)C[C@H]2C(=O)N[C@]3(C(=O)NS(=O)(=O)C4(C)CC4)C[C@H]3/C=C\CCCCC[C@H](N(C(=O)O)C(C)(C)C(F)(F)F)C(=O)N2C1. The summed E-state index contributed by atoms with van der Waals surface area (Å²) in [5.41, 5.74) is -4.77. The van der Waals surface area contributed by atoms with Crippen LogP contribution in [0.15, 0.2) is 30.4 Å². The largest absolute Gasteiger partial charge is 0.483 e. The van der Waals surface area contributed by atoms with Crippen molar-refractivity contribution in [3.05, 3.63) is 41.6 Å². The molecule has 5 atom stereocenters. The molecule has 2 aliphatic carbocycles. The lowest BCUT2D eigenvalue weighted by Gasteiger charge is -2.43. The predicted octanol–water partition coefficient (Wildman–Crippen LogP) is 5.89. The Morgan fingerprint density at radius 1 is 1.12 bits per heavy atom. The average molecular weight is 870 g/mol. The Bertz CT molecular complexity index is 2250. The number of rotatable bonds is 7. The van der Waals surface area contributed by atoms with Crippen molar-refractivity contribution >= 4 is 44.7 Å². The van der Waals surface area contributed by atoms with E-state index in [1.54, 1.807) is 19.1 Å². The van der Waals surface area contributed by atoms with E-state index in [0.29, 0.717) is 68.1 Å². The van der Waals surface area contributed by atoms with Crippen LogP contribution in [-0.2, 0) is 30.8 Å². The van der Waals surface area contributed by atoms with Crippen molar-refractivity contribution in [3.8, 4) is 11.5 Å². The van der Waals surface area contributed by atoms with Crippen LogP contribution in [0.2, 0.25) is 0 Å². The van der Waals surface area contributed by atoms with Gasteiger partial charge in [0.15, 0.2) is 0 Å². The number of carbonyl (C=O) groups is 4. The summed E-state index contributed by atoms with van der Waals surface area (Å²) in [5, 5.41) is 13.5. The highest BCUT2D eigenvalue weighted by Gasteiger charge is 2.64. The van der Waals surface area contributed by atoms with Crippen LogP contribution in [-0.4, -0.2) is 105 Å². The first-order valence-corrected chi connectivity index (χ1v) is 21.4. The highest BCUT2D eigenvalue weighted by atomic mass is 32.2. The second kappa shape index (κ2) is 15.0. The summed E-state index contributed by atoms with van der Waals surface area (Å²) in [5.74, 6) is -3.48. The molecule has 4 amide bonds. The fourth-order valence-electron chi connectivity index (χ4n) is 8.83. The summed E-state index contributed by atoms with van der Waals surface area (Å²) in [6.07, 6.45) is -1.68. The summed E-state index contributed by atoms with van der Waals surface area (Å²) in [6.45, 7) is 0.984. The van der Waals surface area contributed by atoms with E-state index in [9.17, 15) is 54.7 Å². The molecule has 0 unspecified atom stereocenters. The van der Waals surface area contributed by atoms with Crippen LogP contribution in [0.3, 0.4) is 0 Å². The number of aryl methyl sites for hydroxylation is 2. The normalized spacial score (nSPS) is 28.6. The smallest absolute Gasteiger partial charge is 0.411 e. The summed E-state index contributed by atoms with van der Waals surface area (Å²) < 4.78 is 109. The van der Waals surface area contributed by atoms with E-state index in [2.05, 4.69) is 19.8 Å². The third-order valence-corrected chi connectivity index (χ3v) is 15.1. The molecule has 4 heterocycles. The Hall–Kier alpha value is -4.75. The first-order chi connectivity index (χ1) is 27.9. The van der Waals surface area contributed by atoms with Crippen LogP contribution < -0.4 is 19.5 Å². The number of hydrogen-bond acceptors (Lipinski definition) is 9. The lowest BCUT2D eigenvalue weighted by Crippen LogP contribution is -2.65. The van der Waals surface area contributed by atoms with Gasteiger partial charge in [-0.3, -0.25) is 24.0 Å². The molecule has 7 rings (SSSR count). The minimum absolute atomic E-state index is 0.0212. The van der Waals surface area contributed by atoms with E-state index < -0.39 is 86.1 Å². The second-order valence-corrected chi connectivity index (χ2v) is 19.7. The molecule has 3 aliphatic heterocycles. The van der Waals surface area contributed by atoms with Crippen molar-refractivity contribution in [3.63, 3.8) is 0 Å². The molecule has 1 saturated heterocycles. The number of carbonyl (C=O) groups excluding carboxylic acids is 3. The molecule has 328 valence electrons. The molecule has 2 aromatic rings. The zero-order chi connectivity index (χ0) is 43.8. The summed E-state index contributed by atoms with van der Waals surface area (Å²) >= 11 is 0. The molecule has 60 heavy (non-hydrogen) atoms. The van der Waals surface area contributed by atoms with Crippen molar-refractivity contribution < 1.29 is 64.1 Å². The lowest BCUT2D eigenvalue weighted by molar-refractivity contribution is -0.220. The maximum atomic E-state index is 14.9. The minimum atomic E-state index is -5.11. The van der Waals surface area contributed by atoms with Crippen LogP contribution in [0.1, 0.15) is 96.2 Å². The first-order valence-electron chi connectivity index (χ1n) is 20.0. The predicted molar refractivity (Wildman–Crippen MR) is 205 cm³/mol. The molecule has 3 N–H and O–H groups in total. The maximum Gasteiger partial charge on any atom is 0.411 e. The number of sulfonamides is 1. The average Bonchev–Trinajstić information content (AvgIpc) is 4.04. The highest BCUT2D eigenvalue weighted by molar-refractivity contribution is 7.91. The molecule has 3 fully saturated rings. The van der Waals surface area contributed by atoms with E-state index in [4.69, 9.17) is 4.74 Å². The molecular formula is C40H48F5N5O9S. The first kappa shape index (κ1) is 43.3. The molecule has 2 saturated carbocycles. The van der Waals surface area contributed by atoms with Crippen LogP contribution in [0.4, 0.5) is 26.7 Å². The molecule has 0 radical (unpaired) electrons. The molecule has 0 bridgehead atoms. The van der Waals surface area contributed by atoms with E-state index in [0.717, 1.165) is 4.90 Å². The Morgan fingerprint density at radius 3 is 2.48 bits per heavy atom. The van der Waals surface area contributed by atoms with Gasteiger partial charge < -0.3 is 24.8 Å². The Kier molecular flexibility index (Phi) is 10.8. The van der Waals surface area contributed by atoms with Crippen molar-refractivity contribution in [2.75, 3.05) is 6.54 Å². The number of nitrogens with zero attached hydrogens (tertiary/aromatic N) is 3. The van der Waals surface area contributed by atoms with Gasteiger partial charge in [0.25, 0.3) is 5.91 Å². The number of carboxylic acid groups (broad SMARTS) is 1. The molecule has 20 heteroatoms. The van der Waals surface area contributed by atoms with Crippen molar-refractivity contribution in [2.45, 2.75) is 145 Å². The van der Waals surface area contributed by atoms with Gasteiger partial charge in [-0.1, -0.05) is 25.0 Å². The standard InChI is InChI=1S/C40H48F5N5O9S/c1-22-30-25(26-18-24(58-34(41)42)12-13-27(26)46-22)14-15-38(59-30)20-29-31(51)47-39(33(53)48-60(56,57)37(4)16-17-37)19-23(39)10-8-6-5-7-9-11-28(32(52)49(29)21-38)50(35(54)55)36(2,3)40(43,44)45/h8,10,12-13,18,23,28-29,34H,5-7,9,11,14-17,19-21H2,1-4H3,(H,47,51)(H,48,53)(H,54,55)/b10-8-/t23-,28+,29+,38-,39-/m1/s1. The van der Waals surface area contributed by atoms with Gasteiger partial charge in [-0.2, -0.15) is 22.0 Å². The Balaban J connectivity index is 1.30. The van der Waals surface area contributed by atoms with Crippen molar-refractivity contribution in [1.82, 2.24) is 24.8 Å². The topological polar surface area (TPSA) is 185 Å². The van der Waals surface area contributed by atoms with Gasteiger partial charge in [0.2, 0.25) is 21.8 Å². The number of nitrogens with one attached hydrogen (secondary N) is 2. The third-order valence-electron chi connectivity index (χ3n) is 13.0. The third kappa shape index (κ3) is 7.72. The monoisotopic (exact) mass is 869 g/mol. The molecule has 1 aromatic carbocycles. The maximum absolute atomic E-state index is 14.9.